The fraction of sp³-hybridized carbons (Fsp3) is 0.200. The van der Waals surface area contributed by atoms with Crippen LogP contribution in [0.1, 0.15) is 18.5 Å². The normalized spacial score (nSPS) is 15.2. The smallest absolute Gasteiger partial charge is 0.274 e. The van der Waals surface area contributed by atoms with Gasteiger partial charge in [0.1, 0.15) is 5.82 Å². The van der Waals surface area contributed by atoms with Gasteiger partial charge in [0.05, 0.1) is 17.6 Å². The summed E-state index contributed by atoms with van der Waals surface area (Å²) < 4.78 is 53.2. The SMILES string of the molecule is O=C1CCC(=O)N1c1ccc(-c2cncc(F)c2)nc1C(F)(F)F. The molecule has 124 valence electrons. The van der Waals surface area contributed by atoms with Crippen molar-refractivity contribution >= 4 is 17.5 Å². The first-order valence-corrected chi connectivity index (χ1v) is 6.82. The molecule has 0 saturated carbocycles. The molecular weight excluding hydrogens is 330 g/mol. The molecule has 2 aromatic heterocycles. The molecule has 0 N–H and O–H groups in total. The molecule has 3 heterocycles. The van der Waals surface area contributed by atoms with Gasteiger partial charge in [-0.15, -0.1) is 0 Å². The molecule has 0 radical (unpaired) electrons. The van der Waals surface area contributed by atoms with E-state index in [-0.39, 0.29) is 24.1 Å². The summed E-state index contributed by atoms with van der Waals surface area (Å²) in [4.78, 5) is 31.0. The highest BCUT2D eigenvalue weighted by Crippen LogP contribution is 2.38. The Bertz CT molecular complexity index is 820. The summed E-state index contributed by atoms with van der Waals surface area (Å²) in [7, 11) is 0. The number of imide groups is 1. The van der Waals surface area contributed by atoms with Gasteiger partial charge in [0.15, 0.2) is 5.69 Å². The van der Waals surface area contributed by atoms with Crippen molar-refractivity contribution in [2.75, 3.05) is 4.90 Å². The van der Waals surface area contributed by atoms with E-state index in [0.717, 1.165) is 24.5 Å². The van der Waals surface area contributed by atoms with Crippen LogP contribution in [0.15, 0.2) is 30.6 Å². The first-order chi connectivity index (χ1) is 11.3. The molecule has 1 aliphatic rings. The van der Waals surface area contributed by atoms with Crippen LogP contribution in [0, 0.1) is 5.82 Å². The zero-order chi connectivity index (χ0) is 17.5. The van der Waals surface area contributed by atoms with E-state index < -0.39 is 35.2 Å². The molecule has 9 heteroatoms. The number of pyridine rings is 2. The maximum Gasteiger partial charge on any atom is 0.435 e. The van der Waals surface area contributed by atoms with Crippen LogP contribution in [0.25, 0.3) is 11.3 Å². The van der Waals surface area contributed by atoms with Gasteiger partial charge in [-0.2, -0.15) is 13.2 Å². The molecule has 24 heavy (non-hydrogen) atoms. The minimum Gasteiger partial charge on any atom is -0.274 e. The lowest BCUT2D eigenvalue weighted by Crippen LogP contribution is -2.31. The second-order valence-corrected chi connectivity index (χ2v) is 5.08. The van der Waals surface area contributed by atoms with Crippen LogP contribution in [0.5, 0.6) is 0 Å². The highest BCUT2D eigenvalue weighted by Gasteiger charge is 2.41. The molecule has 1 fully saturated rings. The number of alkyl halides is 3. The topological polar surface area (TPSA) is 63.2 Å². The third-order valence-electron chi connectivity index (χ3n) is 3.44. The Morgan fingerprint density at radius 3 is 2.29 bits per heavy atom. The Morgan fingerprint density at radius 1 is 1.04 bits per heavy atom. The molecule has 0 unspecified atom stereocenters. The number of nitrogens with zero attached hydrogens (tertiary/aromatic N) is 3. The second kappa shape index (κ2) is 5.66. The zero-order valence-electron chi connectivity index (χ0n) is 12.0. The highest BCUT2D eigenvalue weighted by molar-refractivity contribution is 6.20. The van der Waals surface area contributed by atoms with Crippen molar-refractivity contribution in [3.63, 3.8) is 0 Å². The molecule has 2 aromatic rings. The standard InChI is InChI=1S/C15H9F4N3O2/c16-9-5-8(6-20-7-9)10-1-2-11(14(21-10)15(17,18)19)22-12(23)3-4-13(22)24/h1-2,5-7H,3-4H2. The van der Waals surface area contributed by atoms with Crippen LogP contribution in [-0.4, -0.2) is 21.8 Å². The molecule has 0 spiro atoms. The van der Waals surface area contributed by atoms with Crippen molar-refractivity contribution in [1.29, 1.82) is 0 Å². The summed E-state index contributed by atoms with van der Waals surface area (Å²) in [5.41, 5.74) is -2.13. The van der Waals surface area contributed by atoms with Crippen molar-refractivity contribution < 1.29 is 27.2 Å². The Balaban J connectivity index is 2.15. The van der Waals surface area contributed by atoms with E-state index in [1.165, 1.54) is 6.07 Å². The summed E-state index contributed by atoms with van der Waals surface area (Å²) in [6, 6.07) is 3.15. The van der Waals surface area contributed by atoms with E-state index in [2.05, 4.69) is 9.97 Å². The van der Waals surface area contributed by atoms with Gasteiger partial charge in [0.2, 0.25) is 11.8 Å². The molecule has 0 aliphatic carbocycles. The Morgan fingerprint density at radius 2 is 1.71 bits per heavy atom. The quantitative estimate of drug-likeness (QED) is 0.623. The molecule has 0 aromatic carbocycles. The van der Waals surface area contributed by atoms with E-state index >= 15 is 0 Å². The van der Waals surface area contributed by atoms with Gasteiger partial charge in [-0.25, -0.2) is 14.3 Å². The van der Waals surface area contributed by atoms with Crippen LogP contribution in [0.2, 0.25) is 0 Å². The molecule has 0 atom stereocenters. The van der Waals surface area contributed by atoms with E-state index in [4.69, 9.17) is 0 Å². The average molecular weight is 339 g/mol. The predicted octanol–water partition coefficient (Wildman–Crippen LogP) is 2.95. The van der Waals surface area contributed by atoms with Gasteiger partial charge in [-0.3, -0.25) is 14.6 Å². The van der Waals surface area contributed by atoms with Crippen LogP contribution < -0.4 is 4.90 Å². The first-order valence-electron chi connectivity index (χ1n) is 6.82. The summed E-state index contributed by atoms with van der Waals surface area (Å²) in [5.74, 6) is -2.16. The van der Waals surface area contributed by atoms with Gasteiger partial charge < -0.3 is 0 Å². The van der Waals surface area contributed by atoms with Crippen LogP contribution in [-0.2, 0) is 15.8 Å². The second-order valence-electron chi connectivity index (χ2n) is 5.08. The third-order valence-corrected chi connectivity index (χ3v) is 3.44. The Hall–Kier alpha value is -2.84. The van der Waals surface area contributed by atoms with Crippen molar-refractivity contribution in [3.05, 3.63) is 42.1 Å². The molecule has 1 saturated heterocycles. The van der Waals surface area contributed by atoms with Gasteiger partial charge in [0.25, 0.3) is 0 Å². The number of amides is 2. The first kappa shape index (κ1) is 16.0. The van der Waals surface area contributed by atoms with Gasteiger partial charge in [-0.05, 0) is 18.2 Å². The van der Waals surface area contributed by atoms with Crippen LogP contribution in [0.3, 0.4) is 0 Å². The molecule has 2 amide bonds. The number of aromatic nitrogens is 2. The zero-order valence-corrected chi connectivity index (χ0v) is 12.0. The Kier molecular flexibility index (Phi) is 3.78. The van der Waals surface area contributed by atoms with Crippen molar-refractivity contribution in [2.45, 2.75) is 19.0 Å². The maximum absolute atomic E-state index is 13.3. The van der Waals surface area contributed by atoms with Crippen molar-refractivity contribution in [2.24, 2.45) is 0 Å². The van der Waals surface area contributed by atoms with Crippen LogP contribution >= 0.6 is 0 Å². The lowest BCUT2D eigenvalue weighted by molar-refractivity contribution is -0.140. The lowest BCUT2D eigenvalue weighted by atomic mass is 10.1. The molecule has 3 rings (SSSR count). The van der Waals surface area contributed by atoms with Gasteiger partial charge in [0, 0.05) is 24.6 Å². The van der Waals surface area contributed by atoms with Crippen LogP contribution in [0.4, 0.5) is 23.2 Å². The summed E-state index contributed by atoms with van der Waals surface area (Å²) in [5, 5.41) is 0. The molecule has 5 nitrogen and oxygen atoms in total. The highest BCUT2D eigenvalue weighted by atomic mass is 19.4. The number of carbonyl (C=O) groups excluding carboxylic acids is 2. The van der Waals surface area contributed by atoms with Gasteiger partial charge >= 0.3 is 6.18 Å². The van der Waals surface area contributed by atoms with E-state index in [0.29, 0.717) is 4.90 Å². The fourth-order valence-corrected chi connectivity index (χ4v) is 2.40. The molecule has 1 aliphatic heterocycles. The number of carbonyl (C=O) groups is 2. The number of hydrogen-bond acceptors (Lipinski definition) is 4. The van der Waals surface area contributed by atoms with Crippen molar-refractivity contribution in [1.82, 2.24) is 9.97 Å². The van der Waals surface area contributed by atoms with E-state index in [1.54, 1.807) is 0 Å². The number of rotatable bonds is 2. The summed E-state index contributed by atoms with van der Waals surface area (Å²) in [6.07, 6.45) is -3.12. The number of halogens is 4. The minimum absolute atomic E-state index is 0.0473. The summed E-state index contributed by atoms with van der Waals surface area (Å²) in [6.45, 7) is 0. The average Bonchev–Trinajstić information content (AvgIpc) is 2.85. The third kappa shape index (κ3) is 2.84. The largest absolute Gasteiger partial charge is 0.435 e. The fourth-order valence-electron chi connectivity index (χ4n) is 2.40. The van der Waals surface area contributed by atoms with Gasteiger partial charge in [-0.1, -0.05) is 0 Å². The Labute approximate surface area is 132 Å². The maximum atomic E-state index is 13.3. The van der Waals surface area contributed by atoms with Crippen molar-refractivity contribution in [3.8, 4) is 11.3 Å². The van der Waals surface area contributed by atoms with E-state index in [9.17, 15) is 27.2 Å². The minimum atomic E-state index is -4.89. The monoisotopic (exact) mass is 339 g/mol. The molecular formula is C15H9F4N3O2. The molecule has 0 bridgehead atoms. The lowest BCUT2D eigenvalue weighted by Gasteiger charge is -2.19. The number of hydrogen-bond donors (Lipinski definition) is 0. The number of anilines is 1. The predicted molar refractivity (Wildman–Crippen MR) is 74.2 cm³/mol. The summed E-state index contributed by atoms with van der Waals surface area (Å²) >= 11 is 0. The van der Waals surface area contributed by atoms with E-state index in [1.807, 2.05) is 0 Å².